The van der Waals surface area contributed by atoms with Crippen molar-refractivity contribution in [3.63, 3.8) is 0 Å². The Balaban J connectivity index is 1.87. The number of ether oxygens (including phenoxy) is 1. The molecule has 0 fully saturated rings. The molecule has 0 saturated carbocycles. The van der Waals surface area contributed by atoms with Crippen LogP contribution in [0.25, 0.3) is 0 Å². The zero-order valence-corrected chi connectivity index (χ0v) is 16.0. The SMILES string of the molecule is CCc1nc(CCNC(=NC)NCc2cc(C)ccc2OC(F)F)cs1. The van der Waals surface area contributed by atoms with Crippen molar-refractivity contribution in [1.29, 1.82) is 0 Å². The molecule has 1 aromatic heterocycles. The van der Waals surface area contributed by atoms with Crippen molar-refractivity contribution >= 4 is 17.3 Å². The van der Waals surface area contributed by atoms with Gasteiger partial charge < -0.3 is 15.4 Å². The molecule has 0 amide bonds. The van der Waals surface area contributed by atoms with Gasteiger partial charge in [0, 0.05) is 37.5 Å². The monoisotopic (exact) mass is 382 g/mol. The summed E-state index contributed by atoms with van der Waals surface area (Å²) in [7, 11) is 1.67. The quantitative estimate of drug-likeness (QED) is 0.542. The predicted molar refractivity (Wildman–Crippen MR) is 101 cm³/mol. The second-order valence-corrected chi connectivity index (χ2v) is 6.62. The van der Waals surface area contributed by atoms with Gasteiger partial charge in [0.25, 0.3) is 0 Å². The van der Waals surface area contributed by atoms with Crippen molar-refractivity contribution in [1.82, 2.24) is 15.6 Å². The first-order valence-electron chi connectivity index (χ1n) is 8.44. The second-order valence-electron chi connectivity index (χ2n) is 5.68. The van der Waals surface area contributed by atoms with Crippen LogP contribution in [0.2, 0.25) is 0 Å². The van der Waals surface area contributed by atoms with Crippen molar-refractivity contribution in [3.05, 3.63) is 45.4 Å². The highest BCUT2D eigenvalue weighted by atomic mass is 32.1. The second kappa shape index (κ2) is 10.1. The van der Waals surface area contributed by atoms with Crippen molar-refractivity contribution in [2.24, 2.45) is 4.99 Å². The molecule has 0 unspecified atom stereocenters. The lowest BCUT2D eigenvalue weighted by molar-refractivity contribution is -0.0504. The molecule has 1 aromatic carbocycles. The number of nitrogens with zero attached hydrogens (tertiary/aromatic N) is 2. The number of hydrogen-bond donors (Lipinski definition) is 2. The Morgan fingerprint density at radius 3 is 2.81 bits per heavy atom. The normalized spacial score (nSPS) is 11.7. The van der Waals surface area contributed by atoms with E-state index in [2.05, 4.69) is 37.7 Å². The zero-order valence-electron chi connectivity index (χ0n) is 15.2. The molecule has 26 heavy (non-hydrogen) atoms. The van der Waals surface area contributed by atoms with Crippen LogP contribution >= 0.6 is 11.3 Å². The number of nitrogens with one attached hydrogen (secondary N) is 2. The molecule has 142 valence electrons. The molecule has 0 atom stereocenters. The van der Waals surface area contributed by atoms with Crippen LogP contribution in [0.5, 0.6) is 5.75 Å². The molecule has 2 N–H and O–H groups in total. The number of aliphatic imine (C=N–C) groups is 1. The van der Waals surface area contributed by atoms with Crippen LogP contribution in [0.15, 0.2) is 28.6 Å². The third-order valence-corrected chi connectivity index (χ3v) is 4.72. The molecule has 0 saturated heterocycles. The van der Waals surface area contributed by atoms with Crippen LogP contribution in [-0.2, 0) is 19.4 Å². The van der Waals surface area contributed by atoms with Crippen molar-refractivity contribution in [3.8, 4) is 5.75 Å². The molecular formula is C18H24F2N4OS. The van der Waals surface area contributed by atoms with Gasteiger partial charge in [-0.25, -0.2) is 4.98 Å². The topological polar surface area (TPSA) is 58.5 Å². The minimum atomic E-state index is -2.85. The predicted octanol–water partition coefficient (Wildman–Crippen LogP) is 3.52. The Kier molecular flexibility index (Phi) is 7.77. The molecule has 0 bridgehead atoms. The van der Waals surface area contributed by atoms with E-state index < -0.39 is 6.61 Å². The first-order valence-corrected chi connectivity index (χ1v) is 9.32. The van der Waals surface area contributed by atoms with E-state index in [1.807, 2.05) is 13.0 Å². The molecule has 0 aliphatic carbocycles. The van der Waals surface area contributed by atoms with Crippen molar-refractivity contribution < 1.29 is 13.5 Å². The van der Waals surface area contributed by atoms with E-state index in [1.165, 1.54) is 0 Å². The van der Waals surface area contributed by atoms with Crippen LogP contribution in [0, 0.1) is 6.92 Å². The summed E-state index contributed by atoms with van der Waals surface area (Å²) in [5, 5.41) is 9.53. The van der Waals surface area contributed by atoms with Gasteiger partial charge in [0.15, 0.2) is 5.96 Å². The first kappa shape index (κ1) is 20.1. The summed E-state index contributed by atoms with van der Waals surface area (Å²) in [4.78, 5) is 8.68. The van der Waals surface area contributed by atoms with Crippen molar-refractivity contribution in [2.45, 2.75) is 39.8 Å². The summed E-state index contributed by atoms with van der Waals surface area (Å²) in [6, 6.07) is 5.12. The molecule has 1 heterocycles. The number of aromatic nitrogens is 1. The Bertz CT molecular complexity index is 734. The van der Waals surface area contributed by atoms with E-state index in [4.69, 9.17) is 0 Å². The van der Waals surface area contributed by atoms with Crippen LogP contribution in [-0.4, -0.2) is 31.1 Å². The summed E-state index contributed by atoms with van der Waals surface area (Å²) >= 11 is 1.67. The smallest absolute Gasteiger partial charge is 0.387 e. The number of hydrogen-bond acceptors (Lipinski definition) is 4. The molecule has 0 aliphatic rings. The van der Waals surface area contributed by atoms with Gasteiger partial charge in [-0.05, 0) is 19.4 Å². The molecular weight excluding hydrogens is 358 g/mol. The third kappa shape index (κ3) is 6.25. The summed E-state index contributed by atoms with van der Waals surface area (Å²) < 4.78 is 29.7. The Hall–Kier alpha value is -2.22. The number of rotatable bonds is 8. The molecule has 0 aliphatic heterocycles. The van der Waals surface area contributed by atoms with Gasteiger partial charge in [0.1, 0.15) is 5.75 Å². The van der Waals surface area contributed by atoms with E-state index >= 15 is 0 Å². The zero-order chi connectivity index (χ0) is 18.9. The summed E-state index contributed by atoms with van der Waals surface area (Å²) in [5.41, 5.74) is 2.68. The van der Waals surface area contributed by atoms with E-state index in [9.17, 15) is 8.78 Å². The number of guanidine groups is 1. The van der Waals surface area contributed by atoms with E-state index in [0.29, 0.717) is 24.6 Å². The first-order chi connectivity index (χ1) is 12.5. The lowest BCUT2D eigenvalue weighted by Crippen LogP contribution is -2.38. The average molecular weight is 382 g/mol. The van der Waals surface area contributed by atoms with Crippen LogP contribution < -0.4 is 15.4 Å². The van der Waals surface area contributed by atoms with Gasteiger partial charge in [-0.15, -0.1) is 11.3 Å². The standard InChI is InChI=1S/C18H24F2N4OS/c1-4-16-24-14(11-26-16)7-8-22-18(21-3)23-10-13-9-12(2)5-6-15(13)25-17(19)20/h5-6,9,11,17H,4,7-8,10H2,1-3H3,(H2,21,22,23). The molecule has 5 nitrogen and oxygen atoms in total. The van der Waals surface area contributed by atoms with Crippen LogP contribution in [0.4, 0.5) is 8.78 Å². The molecule has 0 radical (unpaired) electrons. The third-order valence-electron chi connectivity index (χ3n) is 3.68. The number of aryl methyl sites for hydroxylation is 2. The molecule has 2 aromatic rings. The average Bonchev–Trinajstić information content (AvgIpc) is 3.07. The summed E-state index contributed by atoms with van der Waals surface area (Å²) in [5.74, 6) is 0.767. The van der Waals surface area contributed by atoms with Crippen LogP contribution in [0.3, 0.4) is 0 Å². The lowest BCUT2D eigenvalue weighted by Gasteiger charge is -2.15. The molecule has 8 heteroatoms. The number of alkyl halides is 2. The number of halogens is 2. The van der Waals surface area contributed by atoms with Gasteiger partial charge in [0.05, 0.1) is 10.7 Å². The highest BCUT2D eigenvalue weighted by Crippen LogP contribution is 2.21. The van der Waals surface area contributed by atoms with Gasteiger partial charge in [-0.2, -0.15) is 8.78 Å². The number of benzene rings is 1. The lowest BCUT2D eigenvalue weighted by atomic mass is 10.1. The van der Waals surface area contributed by atoms with Crippen LogP contribution in [0.1, 0.15) is 28.8 Å². The minimum absolute atomic E-state index is 0.170. The van der Waals surface area contributed by atoms with Gasteiger partial charge in [-0.1, -0.05) is 24.6 Å². The fourth-order valence-electron chi connectivity index (χ4n) is 2.39. The summed E-state index contributed by atoms with van der Waals surface area (Å²) in [6.45, 7) is 2.16. The maximum atomic E-state index is 12.5. The van der Waals surface area contributed by atoms with Gasteiger partial charge in [-0.3, -0.25) is 4.99 Å². The van der Waals surface area contributed by atoms with Crippen molar-refractivity contribution in [2.75, 3.05) is 13.6 Å². The fraction of sp³-hybridized carbons (Fsp3) is 0.444. The Labute approximate surface area is 156 Å². The van der Waals surface area contributed by atoms with Gasteiger partial charge in [0.2, 0.25) is 0 Å². The van der Waals surface area contributed by atoms with Gasteiger partial charge >= 0.3 is 6.61 Å². The highest BCUT2D eigenvalue weighted by Gasteiger charge is 2.10. The maximum absolute atomic E-state index is 12.5. The molecule has 0 spiro atoms. The maximum Gasteiger partial charge on any atom is 0.387 e. The Morgan fingerprint density at radius 2 is 2.15 bits per heavy atom. The highest BCUT2D eigenvalue weighted by molar-refractivity contribution is 7.09. The summed E-state index contributed by atoms with van der Waals surface area (Å²) in [6.07, 6.45) is 1.74. The largest absolute Gasteiger partial charge is 0.434 e. The van der Waals surface area contributed by atoms with E-state index in [-0.39, 0.29) is 5.75 Å². The van der Waals surface area contributed by atoms with E-state index in [0.717, 1.165) is 29.1 Å². The fourth-order valence-corrected chi connectivity index (χ4v) is 3.17. The minimum Gasteiger partial charge on any atom is -0.434 e. The molecule has 2 rings (SSSR count). The van der Waals surface area contributed by atoms with E-state index in [1.54, 1.807) is 30.5 Å². The Morgan fingerprint density at radius 1 is 1.35 bits per heavy atom. The number of thiazole rings is 1.